The maximum Gasteiger partial charge on any atom is 0.212 e. The molecule has 1 rings (SSSR count). The van der Waals surface area contributed by atoms with Crippen LogP contribution in [0.15, 0.2) is 10.6 Å². The molecule has 2 atom stereocenters. The Hall–Kier alpha value is -0.500. The summed E-state index contributed by atoms with van der Waals surface area (Å²) in [4.78, 5) is 4.10. The second-order valence-corrected chi connectivity index (χ2v) is 4.15. The Morgan fingerprint density at radius 2 is 2.23 bits per heavy atom. The molecule has 2 unspecified atom stereocenters. The molecule has 0 bridgehead atoms. The van der Waals surface area contributed by atoms with E-state index in [4.69, 9.17) is 16.0 Å². The van der Waals surface area contributed by atoms with Crippen LogP contribution < -0.4 is 0 Å². The molecule has 0 amide bonds. The predicted molar refractivity (Wildman–Crippen MR) is 53.9 cm³/mol. The minimum Gasteiger partial charge on any atom is -0.444 e. The second-order valence-electron chi connectivity index (χ2n) is 3.50. The fraction of sp³-hybridized carbons (Fsp3) is 0.700. The van der Waals surface area contributed by atoms with Gasteiger partial charge in [-0.05, 0) is 12.8 Å². The van der Waals surface area contributed by atoms with Gasteiger partial charge in [0.1, 0.15) is 11.1 Å². The summed E-state index contributed by atoms with van der Waals surface area (Å²) < 4.78 is 5.47. The molecule has 3 heteroatoms. The van der Waals surface area contributed by atoms with Crippen molar-refractivity contribution in [3.05, 3.63) is 17.8 Å². The molecule has 1 aromatic heterocycles. The van der Waals surface area contributed by atoms with Crippen LogP contribution in [0.5, 0.6) is 0 Å². The summed E-state index contributed by atoms with van der Waals surface area (Å²) in [7, 11) is 0. The third kappa shape index (κ3) is 3.03. The molecule has 1 heterocycles. The molecule has 0 saturated heterocycles. The van der Waals surface area contributed by atoms with Crippen molar-refractivity contribution < 1.29 is 4.42 Å². The Morgan fingerprint density at radius 1 is 1.54 bits per heavy atom. The van der Waals surface area contributed by atoms with Gasteiger partial charge in [0, 0.05) is 6.42 Å². The fourth-order valence-corrected chi connectivity index (χ4v) is 1.19. The topological polar surface area (TPSA) is 26.0 Å². The van der Waals surface area contributed by atoms with Crippen molar-refractivity contribution in [1.29, 1.82) is 0 Å². The van der Waals surface area contributed by atoms with Gasteiger partial charge in [0.2, 0.25) is 5.89 Å². The van der Waals surface area contributed by atoms with Gasteiger partial charge in [0.25, 0.3) is 0 Å². The fourth-order valence-electron chi connectivity index (χ4n) is 1.09. The van der Waals surface area contributed by atoms with E-state index in [1.54, 1.807) is 6.20 Å². The zero-order valence-corrected chi connectivity index (χ0v) is 9.14. The lowest BCUT2D eigenvalue weighted by Crippen LogP contribution is -1.95. The summed E-state index contributed by atoms with van der Waals surface area (Å²) in [6.07, 6.45) is 3.89. The normalized spacial score (nSPS) is 15.7. The highest BCUT2D eigenvalue weighted by Gasteiger charge is 2.10. The maximum absolute atomic E-state index is 5.83. The lowest BCUT2D eigenvalue weighted by atomic mass is 10.0. The van der Waals surface area contributed by atoms with Gasteiger partial charge in [0.05, 0.1) is 6.20 Å². The number of oxazole rings is 1. The van der Waals surface area contributed by atoms with Gasteiger partial charge in [-0.2, -0.15) is 0 Å². The van der Waals surface area contributed by atoms with Crippen LogP contribution in [0.3, 0.4) is 0 Å². The average Bonchev–Trinajstić information content (AvgIpc) is 2.52. The summed E-state index contributed by atoms with van der Waals surface area (Å²) in [6.45, 7) is 6.23. The number of rotatable bonds is 4. The SMILES string of the molecule is CCC(C)Cc1cnc(C(C)Cl)o1. The molecular formula is C10H16ClNO. The van der Waals surface area contributed by atoms with Gasteiger partial charge in [-0.25, -0.2) is 4.98 Å². The third-order valence-electron chi connectivity index (χ3n) is 2.16. The predicted octanol–water partition coefficient (Wildman–Crippen LogP) is 3.56. The van der Waals surface area contributed by atoms with Crippen molar-refractivity contribution in [2.75, 3.05) is 0 Å². The van der Waals surface area contributed by atoms with E-state index in [0.29, 0.717) is 11.8 Å². The molecule has 0 aliphatic carbocycles. The van der Waals surface area contributed by atoms with Gasteiger partial charge in [0.15, 0.2) is 0 Å². The maximum atomic E-state index is 5.83. The highest BCUT2D eigenvalue weighted by molar-refractivity contribution is 6.20. The van der Waals surface area contributed by atoms with E-state index in [1.165, 1.54) is 0 Å². The van der Waals surface area contributed by atoms with Gasteiger partial charge >= 0.3 is 0 Å². The molecule has 0 saturated carbocycles. The van der Waals surface area contributed by atoms with Crippen molar-refractivity contribution in [1.82, 2.24) is 4.98 Å². The Labute approximate surface area is 84.3 Å². The highest BCUT2D eigenvalue weighted by Crippen LogP contribution is 2.20. The van der Waals surface area contributed by atoms with Crippen molar-refractivity contribution in [3.8, 4) is 0 Å². The first-order valence-corrected chi connectivity index (χ1v) is 5.15. The molecule has 0 N–H and O–H groups in total. The smallest absolute Gasteiger partial charge is 0.212 e. The molecule has 0 aliphatic rings. The van der Waals surface area contributed by atoms with Gasteiger partial charge in [-0.1, -0.05) is 20.3 Å². The molecule has 0 aromatic carbocycles. The third-order valence-corrected chi connectivity index (χ3v) is 2.34. The summed E-state index contributed by atoms with van der Waals surface area (Å²) >= 11 is 5.83. The Kier molecular flexibility index (Phi) is 3.79. The summed E-state index contributed by atoms with van der Waals surface area (Å²) in [5.41, 5.74) is 0. The van der Waals surface area contributed by atoms with E-state index < -0.39 is 0 Å². The van der Waals surface area contributed by atoms with Gasteiger partial charge in [-0.3, -0.25) is 0 Å². The molecule has 0 aliphatic heterocycles. The molecule has 1 aromatic rings. The van der Waals surface area contributed by atoms with Gasteiger partial charge in [-0.15, -0.1) is 11.6 Å². The summed E-state index contributed by atoms with van der Waals surface area (Å²) in [6, 6.07) is 0. The van der Waals surface area contributed by atoms with Crippen LogP contribution in [0.2, 0.25) is 0 Å². The highest BCUT2D eigenvalue weighted by atomic mass is 35.5. The first kappa shape index (κ1) is 10.6. The van der Waals surface area contributed by atoms with E-state index in [-0.39, 0.29) is 5.38 Å². The van der Waals surface area contributed by atoms with E-state index in [9.17, 15) is 0 Å². The zero-order chi connectivity index (χ0) is 9.84. The number of alkyl halides is 1. The Morgan fingerprint density at radius 3 is 2.69 bits per heavy atom. The van der Waals surface area contributed by atoms with Gasteiger partial charge < -0.3 is 4.42 Å². The number of nitrogens with zero attached hydrogens (tertiary/aromatic N) is 1. The van der Waals surface area contributed by atoms with E-state index in [2.05, 4.69) is 18.8 Å². The minimum atomic E-state index is -0.134. The van der Waals surface area contributed by atoms with Crippen LogP contribution in [0, 0.1) is 5.92 Å². The zero-order valence-electron chi connectivity index (χ0n) is 8.38. The van der Waals surface area contributed by atoms with E-state index in [0.717, 1.165) is 18.6 Å². The van der Waals surface area contributed by atoms with Crippen LogP contribution in [0.1, 0.15) is 44.2 Å². The lowest BCUT2D eigenvalue weighted by Gasteiger charge is -2.03. The number of aromatic nitrogens is 1. The molecule has 0 spiro atoms. The summed E-state index contributed by atoms with van der Waals surface area (Å²) in [5, 5.41) is -0.134. The molecule has 0 radical (unpaired) electrons. The van der Waals surface area contributed by atoms with E-state index in [1.807, 2.05) is 6.92 Å². The van der Waals surface area contributed by atoms with Crippen LogP contribution >= 0.6 is 11.6 Å². The monoisotopic (exact) mass is 201 g/mol. The Balaban J connectivity index is 2.58. The number of halogens is 1. The largest absolute Gasteiger partial charge is 0.444 e. The molecule has 13 heavy (non-hydrogen) atoms. The molecule has 0 fully saturated rings. The molecular weight excluding hydrogens is 186 g/mol. The van der Waals surface area contributed by atoms with Crippen LogP contribution in [-0.4, -0.2) is 4.98 Å². The number of hydrogen-bond acceptors (Lipinski definition) is 2. The minimum absolute atomic E-state index is 0.134. The van der Waals surface area contributed by atoms with Crippen molar-refractivity contribution in [2.24, 2.45) is 5.92 Å². The number of hydrogen-bond donors (Lipinski definition) is 0. The molecule has 2 nitrogen and oxygen atoms in total. The second kappa shape index (κ2) is 4.66. The average molecular weight is 202 g/mol. The van der Waals surface area contributed by atoms with Crippen molar-refractivity contribution >= 4 is 11.6 Å². The van der Waals surface area contributed by atoms with Crippen molar-refractivity contribution in [2.45, 2.75) is 39.0 Å². The quantitative estimate of drug-likeness (QED) is 0.697. The Bertz CT molecular complexity index is 257. The van der Waals surface area contributed by atoms with Crippen LogP contribution in [-0.2, 0) is 6.42 Å². The first-order chi connectivity index (χ1) is 6.13. The lowest BCUT2D eigenvalue weighted by molar-refractivity contribution is 0.419. The van der Waals surface area contributed by atoms with E-state index >= 15 is 0 Å². The first-order valence-electron chi connectivity index (χ1n) is 4.72. The summed E-state index contributed by atoms with van der Waals surface area (Å²) in [5.74, 6) is 2.21. The van der Waals surface area contributed by atoms with Crippen LogP contribution in [0.25, 0.3) is 0 Å². The molecule has 74 valence electrons. The van der Waals surface area contributed by atoms with Crippen molar-refractivity contribution in [3.63, 3.8) is 0 Å². The van der Waals surface area contributed by atoms with Crippen LogP contribution in [0.4, 0.5) is 0 Å². The standard InChI is InChI=1S/C10H16ClNO/c1-4-7(2)5-9-6-12-10(13-9)8(3)11/h6-8H,4-5H2,1-3H3.